The van der Waals surface area contributed by atoms with Gasteiger partial charge in [0.2, 0.25) is 0 Å². The number of aryl methyl sites for hydroxylation is 2. The van der Waals surface area contributed by atoms with E-state index in [9.17, 15) is 0 Å². The fourth-order valence-corrected chi connectivity index (χ4v) is 2.15. The van der Waals surface area contributed by atoms with E-state index < -0.39 is 0 Å². The summed E-state index contributed by atoms with van der Waals surface area (Å²) in [6, 6.07) is 8.20. The van der Waals surface area contributed by atoms with Crippen LogP contribution in [0.5, 0.6) is 0 Å². The monoisotopic (exact) mass is 288 g/mol. The van der Waals surface area contributed by atoms with Crippen molar-refractivity contribution in [1.29, 1.82) is 0 Å². The zero-order chi connectivity index (χ0) is 14.4. The molecule has 20 heavy (non-hydrogen) atoms. The van der Waals surface area contributed by atoms with Gasteiger partial charge in [0.25, 0.3) is 0 Å². The largest absolute Gasteiger partial charge is 0.358 e. The molecule has 0 aliphatic carbocycles. The highest BCUT2D eigenvalue weighted by Gasteiger charge is 2.03. The van der Waals surface area contributed by atoms with E-state index in [1.54, 1.807) is 0 Å². The number of aromatic nitrogens is 2. The number of benzene rings is 1. The summed E-state index contributed by atoms with van der Waals surface area (Å²) in [5.74, 6) is 0. The molecule has 0 aliphatic rings. The summed E-state index contributed by atoms with van der Waals surface area (Å²) in [4.78, 5) is 0. The summed E-state index contributed by atoms with van der Waals surface area (Å²) >= 11 is 5.33. The average molecular weight is 288 g/mol. The number of hydrogen-bond donors (Lipinski definition) is 2. The second kappa shape index (κ2) is 7.05. The molecule has 1 heterocycles. The Morgan fingerprint density at radius 3 is 2.80 bits per heavy atom. The third-order valence-corrected chi connectivity index (χ3v) is 3.36. The molecule has 0 spiro atoms. The Labute approximate surface area is 125 Å². The van der Waals surface area contributed by atoms with Crippen molar-refractivity contribution < 1.29 is 0 Å². The van der Waals surface area contributed by atoms with Crippen molar-refractivity contribution >= 4 is 23.0 Å². The number of nitrogens with zero attached hydrogens (tertiary/aromatic N) is 2. The Morgan fingerprint density at radius 1 is 1.30 bits per heavy atom. The van der Waals surface area contributed by atoms with Crippen molar-refractivity contribution in [3.63, 3.8) is 0 Å². The summed E-state index contributed by atoms with van der Waals surface area (Å²) in [6.07, 6.45) is 4.86. The van der Waals surface area contributed by atoms with Crippen molar-refractivity contribution in [3.05, 3.63) is 47.8 Å². The molecular formula is C15H20N4S. The summed E-state index contributed by atoms with van der Waals surface area (Å²) in [5, 5.41) is 11.3. The molecule has 0 radical (unpaired) electrons. The van der Waals surface area contributed by atoms with E-state index in [4.69, 9.17) is 12.2 Å². The zero-order valence-corrected chi connectivity index (χ0v) is 12.7. The molecule has 0 saturated heterocycles. The Bertz CT molecular complexity index is 577. The molecule has 2 N–H and O–H groups in total. The van der Waals surface area contributed by atoms with Gasteiger partial charge >= 0.3 is 0 Å². The lowest BCUT2D eigenvalue weighted by atomic mass is 10.1. The van der Waals surface area contributed by atoms with Gasteiger partial charge in [-0.05, 0) is 37.2 Å². The van der Waals surface area contributed by atoms with E-state index in [1.165, 1.54) is 5.56 Å². The highest BCUT2D eigenvalue weighted by molar-refractivity contribution is 7.80. The molecule has 0 saturated carbocycles. The van der Waals surface area contributed by atoms with Crippen LogP contribution in [0.4, 0.5) is 5.69 Å². The molecule has 0 amide bonds. The van der Waals surface area contributed by atoms with E-state index >= 15 is 0 Å². The lowest BCUT2D eigenvalue weighted by Crippen LogP contribution is -2.28. The molecule has 2 rings (SSSR count). The predicted molar refractivity (Wildman–Crippen MR) is 86.8 cm³/mol. The van der Waals surface area contributed by atoms with Crippen LogP contribution in [0, 0.1) is 0 Å². The van der Waals surface area contributed by atoms with Crippen molar-refractivity contribution in [2.45, 2.75) is 33.4 Å². The van der Waals surface area contributed by atoms with E-state index in [0.29, 0.717) is 11.7 Å². The van der Waals surface area contributed by atoms with Gasteiger partial charge in [0, 0.05) is 30.5 Å². The first-order valence-corrected chi connectivity index (χ1v) is 7.27. The van der Waals surface area contributed by atoms with Crippen molar-refractivity contribution in [3.8, 4) is 0 Å². The molecule has 0 fully saturated rings. The summed E-state index contributed by atoms with van der Waals surface area (Å²) in [7, 11) is 0. The van der Waals surface area contributed by atoms with Crippen LogP contribution in [0.15, 0.2) is 36.7 Å². The van der Waals surface area contributed by atoms with E-state index in [2.05, 4.69) is 35.6 Å². The number of anilines is 1. The number of thiocarbonyl (C=S) groups is 1. The summed E-state index contributed by atoms with van der Waals surface area (Å²) in [5.41, 5.74) is 3.45. The van der Waals surface area contributed by atoms with Gasteiger partial charge in [0.15, 0.2) is 5.11 Å². The lowest BCUT2D eigenvalue weighted by Gasteiger charge is -2.12. The van der Waals surface area contributed by atoms with E-state index in [0.717, 1.165) is 24.2 Å². The standard InChI is InChI=1S/C15H20N4S/c1-3-13-7-5-6-8-14(13)18-15(20)16-9-12-10-17-19(4-2)11-12/h5-8,10-11H,3-4,9H2,1-2H3,(H2,16,18,20). The lowest BCUT2D eigenvalue weighted by molar-refractivity contribution is 0.659. The minimum Gasteiger partial charge on any atom is -0.358 e. The Balaban J connectivity index is 1.89. The minimum absolute atomic E-state index is 0.634. The van der Waals surface area contributed by atoms with Crippen LogP contribution in [0.25, 0.3) is 0 Å². The first kappa shape index (κ1) is 14.5. The molecule has 0 unspecified atom stereocenters. The van der Waals surface area contributed by atoms with Crippen LogP contribution in [0.1, 0.15) is 25.0 Å². The molecule has 1 aromatic heterocycles. The molecule has 5 heteroatoms. The highest BCUT2D eigenvalue weighted by Crippen LogP contribution is 2.15. The van der Waals surface area contributed by atoms with Gasteiger partial charge in [0.1, 0.15) is 0 Å². The molecule has 0 atom stereocenters. The first-order valence-electron chi connectivity index (χ1n) is 6.87. The van der Waals surface area contributed by atoms with Gasteiger partial charge < -0.3 is 10.6 Å². The number of hydrogen-bond acceptors (Lipinski definition) is 2. The summed E-state index contributed by atoms with van der Waals surface area (Å²) in [6.45, 7) is 5.76. The smallest absolute Gasteiger partial charge is 0.171 e. The van der Waals surface area contributed by atoms with Crippen LogP contribution in [0.2, 0.25) is 0 Å². The fraction of sp³-hybridized carbons (Fsp3) is 0.333. The normalized spacial score (nSPS) is 10.3. The molecule has 2 aromatic rings. The van der Waals surface area contributed by atoms with Crippen LogP contribution < -0.4 is 10.6 Å². The second-order valence-corrected chi connectivity index (χ2v) is 4.93. The highest BCUT2D eigenvalue weighted by atomic mass is 32.1. The fourth-order valence-electron chi connectivity index (χ4n) is 1.97. The van der Waals surface area contributed by atoms with Gasteiger partial charge in [-0.15, -0.1) is 0 Å². The number of para-hydroxylation sites is 1. The SMILES string of the molecule is CCc1ccccc1NC(=S)NCc1cnn(CC)c1. The molecule has 0 aliphatic heterocycles. The zero-order valence-electron chi connectivity index (χ0n) is 11.9. The molecule has 1 aromatic carbocycles. The maximum atomic E-state index is 5.33. The van der Waals surface area contributed by atoms with Crippen LogP contribution in [0.3, 0.4) is 0 Å². The van der Waals surface area contributed by atoms with Crippen LogP contribution >= 0.6 is 12.2 Å². The number of rotatable bonds is 5. The molecule has 4 nitrogen and oxygen atoms in total. The van der Waals surface area contributed by atoms with Crippen molar-refractivity contribution in [2.75, 3.05) is 5.32 Å². The predicted octanol–water partition coefficient (Wildman–Crippen LogP) is 2.95. The molecular weight excluding hydrogens is 268 g/mol. The van der Waals surface area contributed by atoms with Gasteiger partial charge in [-0.3, -0.25) is 4.68 Å². The Kier molecular flexibility index (Phi) is 5.12. The molecule has 0 bridgehead atoms. The van der Waals surface area contributed by atoms with Gasteiger partial charge in [-0.2, -0.15) is 5.10 Å². The van der Waals surface area contributed by atoms with E-state index in [-0.39, 0.29) is 0 Å². The quantitative estimate of drug-likeness (QED) is 0.830. The third-order valence-electron chi connectivity index (χ3n) is 3.11. The van der Waals surface area contributed by atoms with Crippen molar-refractivity contribution in [1.82, 2.24) is 15.1 Å². The van der Waals surface area contributed by atoms with Crippen LogP contribution in [-0.2, 0) is 19.5 Å². The number of nitrogens with one attached hydrogen (secondary N) is 2. The maximum Gasteiger partial charge on any atom is 0.171 e. The second-order valence-electron chi connectivity index (χ2n) is 4.52. The molecule has 106 valence electrons. The minimum atomic E-state index is 0.634. The third kappa shape index (κ3) is 3.81. The van der Waals surface area contributed by atoms with Gasteiger partial charge in [0.05, 0.1) is 6.20 Å². The van der Waals surface area contributed by atoms with Crippen molar-refractivity contribution in [2.24, 2.45) is 0 Å². The van der Waals surface area contributed by atoms with E-state index in [1.807, 2.05) is 35.3 Å². The maximum absolute atomic E-state index is 5.33. The first-order chi connectivity index (χ1) is 9.72. The average Bonchev–Trinajstić information content (AvgIpc) is 2.94. The topological polar surface area (TPSA) is 41.9 Å². The van der Waals surface area contributed by atoms with Gasteiger partial charge in [-0.25, -0.2) is 0 Å². The van der Waals surface area contributed by atoms with Gasteiger partial charge in [-0.1, -0.05) is 25.1 Å². The van der Waals surface area contributed by atoms with Crippen LogP contribution in [-0.4, -0.2) is 14.9 Å². The summed E-state index contributed by atoms with van der Waals surface area (Å²) < 4.78 is 1.90. The Hall–Kier alpha value is -1.88. The Morgan fingerprint density at radius 2 is 2.10 bits per heavy atom.